The molecule has 2 aromatic carbocycles. The number of nitrogens with two attached hydrogens (primary N) is 1. The average Bonchev–Trinajstić information content (AvgIpc) is 3.12. The summed E-state index contributed by atoms with van der Waals surface area (Å²) in [4.78, 5) is 44.0. The van der Waals surface area contributed by atoms with Crippen LogP contribution < -0.4 is 5.73 Å². The van der Waals surface area contributed by atoms with Crippen LogP contribution in [-0.2, 0) is 20.8 Å². The zero-order valence-electron chi connectivity index (χ0n) is 22.8. The van der Waals surface area contributed by atoms with Crippen molar-refractivity contribution >= 4 is 17.6 Å². The summed E-state index contributed by atoms with van der Waals surface area (Å²) in [6.07, 6.45) is 3.65. The van der Waals surface area contributed by atoms with Crippen LogP contribution in [0.1, 0.15) is 63.0 Å². The Balaban J connectivity index is 1.55. The zero-order chi connectivity index (χ0) is 27.5. The SMILES string of the molecule is CN1CC(c2ccc(F)cc2)C2(CCCN(C(=O)[C@@H](CCCc3ccccc3)CC(=O)C(C)(C)N)C2)C1=O. The fraction of sp³-hybridized carbons (Fsp3) is 0.516. The molecular weight excluding hydrogens is 481 g/mol. The first-order valence-corrected chi connectivity index (χ1v) is 13.7. The summed E-state index contributed by atoms with van der Waals surface area (Å²) in [6, 6.07) is 16.5. The van der Waals surface area contributed by atoms with Gasteiger partial charge in [-0.15, -0.1) is 0 Å². The van der Waals surface area contributed by atoms with Gasteiger partial charge in [0.2, 0.25) is 11.8 Å². The fourth-order valence-corrected chi connectivity index (χ4v) is 6.17. The van der Waals surface area contributed by atoms with Gasteiger partial charge in [0.15, 0.2) is 5.78 Å². The third kappa shape index (κ3) is 5.98. The van der Waals surface area contributed by atoms with Crippen LogP contribution in [0.15, 0.2) is 54.6 Å². The molecule has 38 heavy (non-hydrogen) atoms. The third-order valence-corrected chi connectivity index (χ3v) is 8.36. The van der Waals surface area contributed by atoms with E-state index in [9.17, 15) is 18.8 Å². The standard InChI is InChI=1S/C31H40FN3O3/c1-30(2,33)27(36)19-24(12-7-11-22-9-5-4-6-10-22)28(37)35-18-8-17-31(21-35)26(20-34(3)29(31)38)23-13-15-25(32)16-14-23/h4-6,9-10,13-16,24,26H,7-8,11-12,17-21,33H2,1-3H3/t24-,26?,31?/m0/s1. The molecular formula is C31H40FN3O3. The van der Waals surface area contributed by atoms with Crippen molar-refractivity contribution in [3.05, 3.63) is 71.5 Å². The number of likely N-dealkylation sites (N-methyl/N-ethyl adjacent to an activating group) is 1. The number of benzene rings is 2. The van der Waals surface area contributed by atoms with Gasteiger partial charge in [-0.25, -0.2) is 4.39 Å². The molecule has 3 atom stereocenters. The van der Waals surface area contributed by atoms with Gasteiger partial charge in [-0.05, 0) is 69.2 Å². The molecule has 2 amide bonds. The molecule has 2 saturated heterocycles. The number of ketones is 1. The average molecular weight is 522 g/mol. The van der Waals surface area contributed by atoms with Crippen molar-refractivity contribution in [1.82, 2.24) is 9.80 Å². The van der Waals surface area contributed by atoms with Gasteiger partial charge in [0.1, 0.15) is 5.82 Å². The van der Waals surface area contributed by atoms with E-state index in [2.05, 4.69) is 12.1 Å². The number of amides is 2. The van der Waals surface area contributed by atoms with E-state index in [1.165, 1.54) is 17.7 Å². The molecule has 0 radical (unpaired) electrons. The number of aryl methyl sites for hydroxylation is 1. The number of nitrogens with zero attached hydrogens (tertiary/aromatic N) is 2. The minimum absolute atomic E-state index is 0.0316. The number of carbonyl (C=O) groups excluding carboxylic acids is 3. The van der Waals surface area contributed by atoms with Gasteiger partial charge in [0.05, 0.1) is 11.0 Å². The number of hydrogen-bond donors (Lipinski definition) is 1. The highest BCUT2D eigenvalue weighted by molar-refractivity contribution is 5.92. The number of Topliss-reactive ketones (excluding diaryl/α,β-unsaturated/α-hetero) is 1. The van der Waals surface area contributed by atoms with E-state index < -0.39 is 16.9 Å². The molecule has 2 N–H and O–H groups in total. The zero-order valence-corrected chi connectivity index (χ0v) is 22.8. The summed E-state index contributed by atoms with van der Waals surface area (Å²) in [7, 11) is 1.79. The molecule has 204 valence electrons. The minimum atomic E-state index is -1.01. The number of likely N-dealkylation sites (tertiary alicyclic amines) is 2. The molecule has 4 rings (SSSR count). The second-order valence-electron chi connectivity index (χ2n) is 11.7. The summed E-state index contributed by atoms with van der Waals surface area (Å²) < 4.78 is 13.6. The van der Waals surface area contributed by atoms with Crippen LogP contribution in [0.5, 0.6) is 0 Å². The van der Waals surface area contributed by atoms with Crippen molar-refractivity contribution in [3.63, 3.8) is 0 Å². The molecule has 2 aliphatic heterocycles. The van der Waals surface area contributed by atoms with Crippen molar-refractivity contribution in [2.45, 2.75) is 63.8 Å². The van der Waals surface area contributed by atoms with Crippen LogP contribution >= 0.6 is 0 Å². The maximum absolute atomic E-state index is 14.0. The van der Waals surface area contributed by atoms with Gasteiger partial charge in [0.25, 0.3) is 0 Å². The highest BCUT2D eigenvalue weighted by atomic mass is 19.1. The van der Waals surface area contributed by atoms with Crippen molar-refractivity contribution < 1.29 is 18.8 Å². The molecule has 2 aromatic rings. The summed E-state index contributed by atoms with van der Waals surface area (Å²) in [6.45, 7) is 4.76. The van der Waals surface area contributed by atoms with Gasteiger partial charge in [-0.2, -0.15) is 0 Å². The third-order valence-electron chi connectivity index (χ3n) is 8.36. The monoisotopic (exact) mass is 521 g/mol. The molecule has 2 unspecified atom stereocenters. The second-order valence-corrected chi connectivity index (χ2v) is 11.7. The molecule has 1 spiro atoms. The molecule has 6 nitrogen and oxygen atoms in total. The van der Waals surface area contributed by atoms with Gasteiger partial charge in [-0.1, -0.05) is 42.5 Å². The van der Waals surface area contributed by atoms with Crippen LogP contribution in [0.3, 0.4) is 0 Å². The Morgan fingerprint density at radius 1 is 1.13 bits per heavy atom. The van der Waals surface area contributed by atoms with E-state index >= 15 is 0 Å². The second kappa shape index (κ2) is 11.4. The van der Waals surface area contributed by atoms with E-state index in [1.54, 1.807) is 42.8 Å². The number of carbonyl (C=O) groups is 3. The number of piperidine rings is 1. The van der Waals surface area contributed by atoms with Crippen molar-refractivity contribution in [2.75, 3.05) is 26.7 Å². The maximum Gasteiger partial charge on any atom is 0.231 e. The lowest BCUT2D eigenvalue weighted by molar-refractivity contribution is -0.147. The van der Waals surface area contributed by atoms with E-state index in [0.29, 0.717) is 38.9 Å². The predicted octanol–water partition coefficient (Wildman–Crippen LogP) is 4.33. The predicted molar refractivity (Wildman–Crippen MR) is 146 cm³/mol. The largest absolute Gasteiger partial charge is 0.345 e. The van der Waals surface area contributed by atoms with Crippen LogP contribution in [-0.4, -0.2) is 59.6 Å². The lowest BCUT2D eigenvalue weighted by Gasteiger charge is -2.43. The lowest BCUT2D eigenvalue weighted by atomic mass is 9.68. The Kier molecular flexibility index (Phi) is 8.36. The molecule has 2 fully saturated rings. The molecule has 0 aromatic heterocycles. The highest BCUT2D eigenvalue weighted by Gasteiger charge is 2.55. The molecule has 7 heteroatoms. The first-order chi connectivity index (χ1) is 18.0. The normalized spacial score (nSPS) is 22.7. The number of rotatable bonds is 9. The number of halogens is 1. The van der Waals surface area contributed by atoms with Crippen molar-refractivity contribution in [2.24, 2.45) is 17.1 Å². The Morgan fingerprint density at radius 3 is 2.47 bits per heavy atom. The van der Waals surface area contributed by atoms with E-state index in [-0.39, 0.29) is 35.8 Å². The topological polar surface area (TPSA) is 83.7 Å². The van der Waals surface area contributed by atoms with Crippen molar-refractivity contribution in [1.29, 1.82) is 0 Å². The summed E-state index contributed by atoms with van der Waals surface area (Å²) in [5.41, 5.74) is 6.45. The molecule has 2 aliphatic rings. The first-order valence-electron chi connectivity index (χ1n) is 13.7. The quantitative estimate of drug-likeness (QED) is 0.533. The van der Waals surface area contributed by atoms with Crippen LogP contribution in [0.4, 0.5) is 4.39 Å². The van der Waals surface area contributed by atoms with Gasteiger partial charge in [0, 0.05) is 44.9 Å². The Bertz CT molecular complexity index is 1150. The lowest BCUT2D eigenvalue weighted by Crippen LogP contribution is -2.53. The Labute approximate surface area is 225 Å². The first kappa shape index (κ1) is 28.0. The van der Waals surface area contributed by atoms with E-state index in [1.807, 2.05) is 18.2 Å². The fourth-order valence-electron chi connectivity index (χ4n) is 6.17. The Hall–Kier alpha value is -3.06. The van der Waals surface area contributed by atoms with Crippen LogP contribution in [0, 0.1) is 17.2 Å². The molecule has 2 heterocycles. The van der Waals surface area contributed by atoms with E-state index in [4.69, 9.17) is 5.73 Å². The summed E-state index contributed by atoms with van der Waals surface area (Å²) >= 11 is 0. The van der Waals surface area contributed by atoms with Crippen LogP contribution in [0.25, 0.3) is 0 Å². The van der Waals surface area contributed by atoms with Gasteiger partial charge >= 0.3 is 0 Å². The van der Waals surface area contributed by atoms with Gasteiger partial charge in [-0.3, -0.25) is 14.4 Å². The van der Waals surface area contributed by atoms with Crippen LogP contribution in [0.2, 0.25) is 0 Å². The van der Waals surface area contributed by atoms with Gasteiger partial charge < -0.3 is 15.5 Å². The minimum Gasteiger partial charge on any atom is -0.345 e. The maximum atomic E-state index is 14.0. The van der Waals surface area contributed by atoms with Crippen molar-refractivity contribution in [3.8, 4) is 0 Å². The van der Waals surface area contributed by atoms with E-state index in [0.717, 1.165) is 18.4 Å². The Morgan fingerprint density at radius 2 is 1.82 bits per heavy atom. The highest BCUT2D eigenvalue weighted by Crippen LogP contribution is 2.49. The summed E-state index contributed by atoms with van der Waals surface area (Å²) in [5, 5.41) is 0. The molecule has 0 aliphatic carbocycles. The number of hydrogen-bond acceptors (Lipinski definition) is 4. The smallest absolute Gasteiger partial charge is 0.231 e. The molecule has 0 bridgehead atoms. The summed E-state index contributed by atoms with van der Waals surface area (Å²) in [5.74, 6) is -1.10. The molecule has 0 saturated carbocycles.